The largest absolute Gasteiger partial charge is 0.493 e. The molecule has 0 radical (unpaired) electrons. The third-order valence-electron chi connectivity index (χ3n) is 3.87. The molecule has 0 aromatic heterocycles. The summed E-state index contributed by atoms with van der Waals surface area (Å²) in [7, 11) is 0. The van der Waals surface area contributed by atoms with E-state index in [1.54, 1.807) is 31.3 Å². The van der Waals surface area contributed by atoms with Gasteiger partial charge in [0.1, 0.15) is 11.5 Å². The highest BCUT2D eigenvalue weighted by molar-refractivity contribution is 6.35. The van der Waals surface area contributed by atoms with Gasteiger partial charge in [-0.05, 0) is 43.7 Å². The van der Waals surface area contributed by atoms with E-state index in [2.05, 4.69) is 17.5 Å². The van der Waals surface area contributed by atoms with Crippen molar-refractivity contribution in [1.29, 1.82) is 0 Å². The van der Waals surface area contributed by atoms with Crippen LogP contribution < -0.4 is 14.9 Å². The van der Waals surface area contributed by atoms with Crippen LogP contribution in [-0.2, 0) is 4.79 Å². The number of unbranched alkanes of at least 4 members (excludes halogenated alkanes) is 2. The average molecular weight is 423 g/mol. The number of nitrogens with zero attached hydrogens (tertiary/aromatic N) is 1. The maximum Gasteiger partial charge on any atom is 0.280 e. The molecule has 5 nitrogen and oxygen atoms in total. The van der Waals surface area contributed by atoms with Crippen LogP contribution in [0.25, 0.3) is 0 Å². The Kier molecular flexibility index (Phi) is 9.11. The quantitative estimate of drug-likeness (QED) is 0.313. The van der Waals surface area contributed by atoms with E-state index >= 15 is 0 Å². The lowest BCUT2D eigenvalue weighted by Gasteiger charge is -2.14. The average Bonchev–Trinajstić information content (AvgIpc) is 2.68. The SMILES string of the molecule is CCCCCOc1ccccc1/C=N\NC(=O)[C@H](C)Oc1ccc(Cl)cc1Cl. The van der Waals surface area contributed by atoms with Crippen LogP contribution in [0.4, 0.5) is 0 Å². The van der Waals surface area contributed by atoms with Gasteiger partial charge in [0.05, 0.1) is 17.8 Å². The number of para-hydroxylation sites is 1. The van der Waals surface area contributed by atoms with E-state index in [4.69, 9.17) is 32.7 Å². The third-order valence-corrected chi connectivity index (χ3v) is 4.40. The monoisotopic (exact) mass is 422 g/mol. The predicted molar refractivity (Wildman–Crippen MR) is 114 cm³/mol. The number of halogens is 2. The van der Waals surface area contributed by atoms with Crippen molar-refractivity contribution in [2.75, 3.05) is 6.61 Å². The van der Waals surface area contributed by atoms with Crippen molar-refractivity contribution in [3.63, 3.8) is 0 Å². The van der Waals surface area contributed by atoms with Gasteiger partial charge in [0.2, 0.25) is 0 Å². The summed E-state index contributed by atoms with van der Waals surface area (Å²) < 4.78 is 11.4. The Bertz CT molecular complexity index is 812. The van der Waals surface area contributed by atoms with Gasteiger partial charge < -0.3 is 9.47 Å². The minimum atomic E-state index is -0.781. The maximum atomic E-state index is 12.2. The molecule has 2 aromatic carbocycles. The van der Waals surface area contributed by atoms with E-state index in [1.165, 1.54) is 0 Å². The van der Waals surface area contributed by atoms with Gasteiger partial charge in [-0.3, -0.25) is 4.79 Å². The molecular weight excluding hydrogens is 399 g/mol. The number of nitrogens with one attached hydrogen (secondary N) is 1. The molecule has 2 rings (SSSR count). The Morgan fingerprint density at radius 3 is 2.71 bits per heavy atom. The van der Waals surface area contributed by atoms with Crippen molar-refractivity contribution in [3.8, 4) is 11.5 Å². The van der Waals surface area contributed by atoms with E-state index in [-0.39, 0.29) is 0 Å². The second-order valence-electron chi connectivity index (χ2n) is 6.16. The molecule has 0 aliphatic carbocycles. The summed E-state index contributed by atoms with van der Waals surface area (Å²) in [6, 6.07) is 12.3. The Labute approximate surface area is 175 Å². The molecule has 1 N–H and O–H groups in total. The predicted octanol–water partition coefficient (Wildman–Crippen LogP) is 5.48. The first kappa shape index (κ1) is 22.1. The molecule has 1 amide bonds. The van der Waals surface area contributed by atoms with Crippen LogP contribution in [0, 0.1) is 0 Å². The summed E-state index contributed by atoms with van der Waals surface area (Å²) in [5.74, 6) is 0.709. The fraction of sp³-hybridized carbons (Fsp3) is 0.333. The minimum absolute atomic E-state index is 0.338. The number of hydrazone groups is 1. The number of rotatable bonds is 10. The van der Waals surface area contributed by atoms with Crippen molar-refractivity contribution >= 4 is 35.3 Å². The summed E-state index contributed by atoms with van der Waals surface area (Å²) in [4.78, 5) is 12.2. The lowest BCUT2D eigenvalue weighted by molar-refractivity contribution is -0.127. The number of hydrogen-bond acceptors (Lipinski definition) is 4. The zero-order valence-electron chi connectivity index (χ0n) is 16.0. The zero-order chi connectivity index (χ0) is 20.4. The van der Waals surface area contributed by atoms with Gasteiger partial charge in [0, 0.05) is 10.6 Å². The number of hydrogen-bond donors (Lipinski definition) is 1. The van der Waals surface area contributed by atoms with Crippen molar-refractivity contribution in [2.24, 2.45) is 5.10 Å². The summed E-state index contributed by atoms with van der Waals surface area (Å²) in [6.45, 7) is 4.41. The van der Waals surface area contributed by atoms with Crippen molar-refractivity contribution < 1.29 is 14.3 Å². The third kappa shape index (κ3) is 7.06. The molecule has 2 aromatic rings. The first-order chi connectivity index (χ1) is 13.5. The van der Waals surface area contributed by atoms with E-state index in [0.29, 0.717) is 22.4 Å². The molecule has 0 unspecified atom stereocenters. The van der Waals surface area contributed by atoms with Crippen LogP contribution >= 0.6 is 23.2 Å². The van der Waals surface area contributed by atoms with Gasteiger partial charge in [-0.25, -0.2) is 5.43 Å². The van der Waals surface area contributed by atoms with Crippen molar-refractivity contribution in [3.05, 3.63) is 58.1 Å². The summed E-state index contributed by atoms with van der Waals surface area (Å²) >= 11 is 11.9. The summed E-state index contributed by atoms with van der Waals surface area (Å²) in [5, 5.41) is 4.84. The molecule has 1 atom stereocenters. The minimum Gasteiger partial charge on any atom is -0.493 e. The van der Waals surface area contributed by atoms with Crippen LogP contribution in [-0.4, -0.2) is 24.8 Å². The van der Waals surface area contributed by atoms with Crippen LogP contribution in [0.5, 0.6) is 11.5 Å². The van der Waals surface area contributed by atoms with E-state index in [1.807, 2.05) is 24.3 Å². The number of benzene rings is 2. The second kappa shape index (κ2) is 11.6. The fourth-order valence-corrected chi connectivity index (χ4v) is 2.78. The first-order valence-electron chi connectivity index (χ1n) is 9.17. The molecule has 0 saturated carbocycles. The molecule has 0 aliphatic heterocycles. The Morgan fingerprint density at radius 1 is 1.18 bits per heavy atom. The molecular formula is C21H24Cl2N2O3. The van der Waals surface area contributed by atoms with Crippen molar-refractivity contribution in [1.82, 2.24) is 5.43 Å². The Balaban J connectivity index is 1.90. The normalized spacial score (nSPS) is 12.0. The number of amides is 1. The highest BCUT2D eigenvalue weighted by Crippen LogP contribution is 2.28. The molecule has 150 valence electrons. The molecule has 28 heavy (non-hydrogen) atoms. The lowest BCUT2D eigenvalue weighted by atomic mass is 10.2. The Hall–Kier alpha value is -2.24. The molecule has 0 fully saturated rings. The van der Waals surface area contributed by atoms with Gasteiger partial charge in [-0.1, -0.05) is 55.1 Å². The van der Waals surface area contributed by atoms with E-state index in [9.17, 15) is 4.79 Å². The standard InChI is InChI=1S/C21H24Cl2N2O3/c1-3-4-7-12-27-19-9-6-5-8-16(19)14-24-25-21(26)15(2)28-20-11-10-17(22)13-18(20)23/h5-6,8-11,13-15H,3-4,7,12H2,1-2H3,(H,25,26)/b24-14-/t15-/m0/s1. The number of carbonyl (C=O) groups is 1. The number of carbonyl (C=O) groups excluding carboxylic acids is 1. The van der Waals surface area contributed by atoms with Gasteiger partial charge in [0.25, 0.3) is 5.91 Å². The van der Waals surface area contributed by atoms with Gasteiger partial charge >= 0.3 is 0 Å². The summed E-state index contributed by atoms with van der Waals surface area (Å²) in [6.07, 6.45) is 4.04. The van der Waals surface area contributed by atoms with E-state index < -0.39 is 12.0 Å². The molecule has 0 bridgehead atoms. The van der Waals surface area contributed by atoms with E-state index in [0.717, 1.165) is 30.6 Å². The second-order valence-corrected chi connectivity index (χ2v) is 7.01. The van der Waals surface area contributed by atoms with Crippen molar-refractivity contribution in [2.45, 2.75) is 39.2 Å². The lowest BCUT2D eigenvalue weighted by Crippen LogP contribution is -2.33. The van der Waals surface area contributed by atoms with Gasteiger partial charge in [-0.15, -0.1) is 0 Å². The smallest absolute Gasteiger partial charge is 0.280 e. The topological polar surface area (TPSA) is 59.9 Å². The Morgan fingerprint density at radius 2 is 1.96 bits per heavy atom. The molecule has 7 heteroatoms. The van der Waals surface area contributed by atoms with Gasteiger partial charge in [0.15, 0.2) is 6.10 Å². The highest BCUT2D eigenvalue weighted by Gasteiger charge is 2.15. The molecule has 0 heterocycles. The molecule has 0 spiro atoms. The van der Waals surface area contributed by atoms with Crippen LogP contribution in [0.1, 0.15) is 38.7 Å². The molecule has 0 aliphatic rings. The first-order valence-corrected chi connectivity index (χ1v) is 9.93. The molecule has 0 saturated heterocycles. The van der Waals surface area contributed by atoms with Crippen LogP contribution in [0.2, 0.25) is 10.0 Å². The highest BCUT2D eigenvalue weighted by atomic mass is 35.5. The van der Waals surface area contributed by atoms with Crippen LogP contribution in [0.15, 0.2) is 47.6 Å². The van der Waals surface area contributed by atoms with Gasteiger partial charge in [-0.2, -0.15) is 5.10 Å². The fourth-order valence-electron chi connectivity index (χ4n) is 2.32. The zero-order valence-corrected chi connectivity index (χ0v) is 17.5. The van der Waals surface area contributed by atoms with Crippen LogP contribution in [0.3, 0.4) is 0 Å². The maximum absolute atomic E-state index is 12.2. The summed E-state index contributed by atoms with van der Waals surface area (Å²) in [5.41, 5.74) is 3.25. The number of ether oxygens (including phenoxy) is 2.